The van der Waals surface area contributed by atoms with E-state index in [0.717, 1.165) is 5.56 Å². The van der Waals surface area contributed by atoms with Gasteiger partial charge >= 0.3 is 5.97 Å². The van der Waals surface area contributed by atoms with Gasteiger partial charge in [-0.05, 0) is 17.7 Å². The molecule has 1 atom stereocenters. The van der Waals surface area contributed by atoms with Crippen molar-refractivity contribution >= 4 is 28.6 Å². The highest BCUT2D eigenvalue weighted by Gasteiger charge is 2.32. The molecule has 0 saturated heterocycles. The summed E-state index contributed by atoms with van der Waals surface area (Å²) in [7, 11) is 0. The number of phenols is 1. The molecule has 0 aliphatic heterocycles. The Morgan fingerprint density at radius 1 is 1.40 bits per heavy atom. The summed E-state index contributed by atoms with van der Waals surface area (Å²) in [6, 6.07) is 6.38. The van der Waals surface area contributed by atoms with Crippen molar-refractivity contribution in [1.29, 1.82) is 0 Å². The maximum atomic E-state index is 10.9. The molecular formula is C10H12INO3. The molecule has 0 bridgehead atoms. The first-order chi connectivity index (χ1) is 6.98. The number of nitrogens with two attached hydrogens (primary N) is 1. The number of aliphatic carboxylic acids is 1. The minimum absolute atomic E-state index is 0.158. The molecular weight excluding hydrogens is 309 g/mol. The number of hydrogen-bond acceptors (Lipinski definition) is 3. The van der Waals surface area contributed by atoms with Crippen LogP contribution in [0.2, 0.25) is 0 Å². The van der Waals surface area contributed by atoms with E-state index in [1.54, 1.807) is 12.1 Å². The van der Waals surface area contributed by atoms with Crippen LogP contribution in [0.5, 0.6) is 5.75 Å². The largest absolute Gasteiger partial charge is 0.508 e. The van der Waals surface area contributed by atoms with Gasteiger partial charge in [0.15, 0.2) is 0 Å². The van der Waals surface area contributed by atoms with Gasteiger partial charge in [-0.25, -0.2) is 0 Å². The Bertz CT molecular complexity index is 352. The van der Waals surface area contributed by atoms with Gasteiger partial charge in [-0.1, -0.05) is 34.7 Å². The van der Waals surface area contributed by atoms with Gasteiger partial charge in [0.2, 0.25) is 0 Å². The van der Waals surface area contributed by atoms with Crippen molar-refractivity contribution in [1.82, 2.24) is 0 Å². The number of carboxylic acids is 1. The van der Waals surface area contributed by atoms with Crippen LogP contribution in [0.1, 0.15) is 5.56 Å². The predicted molar refractivity (Wildman–Crippen MR) is 65.3 cm³/mol. The van der Waals surface area contributed by atoms with E-state index in [0.29, 0.717) is 4.43 Å². The van der Waals surface area contributed by atoms with Crippen LogP contribution in [-0.4, -0.2) is 26.1 Å². The third-order valence-corrected chi connectivity index (χ3v) is 3.48. The van der Waals surface area contributed by atoms with E-state index in [-0.39, 0.29) is 12.2 Å². The number of carbonyl (C=O) groups is 1. The average molecular weight is 321 g/mol. The van der Waals surface area contributed by atoms with Crippen LogP contribution in [-0.2, 0) is 11.2 Å². The SMILES string of the molecule is NC(CI)(Cc1ccc(O)cc1)C(=O)O. The number of hydrogen-bond donors (Lipinski definition) is 3. The lowest BCUT2D eigenvalue weighted by Crippen LogP contribution is -2.51. The number of carboxylic acid groups (broad SMARTS) is 1. The Labute approximate surface area is 101 Å². The smallest absolute Gasteiger partial charge is 0.324 e. The monoisotopic (exact) mass is 321 g/mol. The molecule has 0 aliphatic carbocycles. The van der Waals surface area contributed by atoms with Gasteiger partial charge in [-0.2, -0.15) is 0 Å². The first-order valence-corrected chi connectivity index (χ1v) is 5.86. The Hall–Kier alpha value is -0.820. The number of alkyl halides is 1. The van der Waals surface area contributed by atoms with E-state index in [1.807, 2.05) is 22.6 Å². The van der Waals surface area contributed by atoms with E-state index >= 15 is 0 Å². The van der Waals surface area contributed by atoms with Crippen molar-refractivity contribution in [2.24, 2.45) is 5.73 Å². The molecule has 4 nitrogen and oxygen atoms in total. The molecule has 1 rings (SSSR count). The zero-order valence-corrected chi connectivity index (χ0v) is 10.1. The fourth-order valence-corrected chi connectivity index (χ4v) is 1.75. The quantitative estimate of drug-likeness (QED) is 0.574. The highest BCUT2D eigenvalue weighted by Crippen LogP contribution is 2.17. The summed E-state index contributed by atoms with van der Waals surface area (Å²) in [5, 5.41) is 18.0. The standard InChI is InChI=1S/C10H12INO3/c11-6-10(12,9(14)15)5-7-1-3-8(13)4-2-7/h1-4,13H,5-6,12H2,(H,14,15). The molecule has 0 saturated carbocycles. The number of aromatic hydroxyl groups is 1. The molecule has 5 heteroatoms. The molecule has 0 fully saturated rings. The third kappa shape index (κ3) is 3.07. The number of halogens is 1. The zero-order valence-electron chi connectivity index (χ0n) is 7.98. The molecule has 82 valence electrons. The molecule has 1 unspecified atom stereocenters. The Morgan fingerprint density at radius 3 is 2.33 bits per heavy atom. The first-order valence-electron chi connectivity index (χ1n) is 4.34. The van der Waals surface area contributed by atoms with Crippen LogP contribution < -0.4 is 5.73 Å². The maximum Gasteiger partial charge on any atom is 0.324 e. The van der Waals surface area contributed by atoms with Crippen LogP contribution in [0.25, 0.3) is 0 Å². The molecule has 0 aromatic heterocycles. The van der Waals surface area contributed by atoms with Gasteiger partial charge in [0.1, 0.15) is 11.3 Å². The second kappa shape index (κ2) is 4.80. The van der Waals surface area contributed by atoms with E-state index in [4.69, 9.17) is 15.9 Å². The van der Waals surface area contributed by atoms with E-state index in [2.05, 4.69) is 0 Å². The second-order valence-electron chi connectivity index (χ2n) is 3.44. The number of benzene rings is 1. The highest BCUT2D eigenvalue weighted by molar-refractivity contribution is 14.1. The van der Waals surface area contributed by atoms with Crippen molar-refractivity contribution in [2.45, 2.75) is 12.0 Å². The Balaban J connectivity index is 2.84. The molecule has 1 aromatic carbocycles. The third-order valence-electron chi connectivity index (χ3n) is 2.12. The predicted octanol–water partition coefficient (Wildman–Crippen LogP) is 1.15. The Morgan fingerprint density at radius 2 is 1.93 bits per heavy atom. The molecule has 0 amide bonds. The average Bonchev–Trinajstić information content (AvgIpc) is 2.21. The summed E-state index contributed by atoms with van der Waals surface area (Å²) < 4.78 is 0.334. The van der Waals surface area contributed by atoms with Gasteiger partial charge in [-0.3, -0.25) is 4.79 Å². The van der Waals surface area contributed by atoms with E-state index < -0.39 is 11.5 Å². The summed E-state index contributed by atoms with van der Waals surface area (Å²) in [5.74, 6) is -0.851. The maximum absolute atomic E-state index is 10.9. The van der Waals surface area contributed by atoms with Crippen molar-refractivity contribution < 1.29 is 15.0 Å². The lowest BCUT2D eigenvalue weighted by Gasteiger charge is -2.21. The van der Waals surface area contributed by atoms with Crippen LogP contribution in [0.4, 0.5) is 0 Å². The lowest BCUT2D eigenvalue weighted by atomic mass is 9.94. The van der Waals surface area contributed by atoms with Gasteiger partial charge in [0.05, 0.1) is 0 Å². The van der Waals surface area contributed by atoms with Gasteiger partial charge in [0, 0.05) is 10.8 Å². The summed E-state index contributed by atoms with van der Waals surface area (Å²) in [6.45, 7) is 0. The lowest BCUT2D eigenvalue weighted by molar-refractivity contribution is -0.142. The number of phenolic OH excluding ortho intramolecular Hbond substituents is 1. The summed E-state index contributed by atoms with van der Waals surface area (Å²) >= 11 is 1.96. The zero-order chi connectivity index (χ0) is 11.5. The summed E-state index contributed by atoms with van der Waals surface area (Å²) in [6.07, 6.45) is 0.256. The minimum Gasteiger partial charge on any atom is -0.508 e. The Kier molecular flexibility index (Phi) is 3.92. The van der Waals surface area contributed by atoms with Gasteiger partial charge in [0.25, 0.3) is 0 Å². The molecule has 15 heavy (non-hydrogen) atoms. The summed E-state index contributed by atoms with van der Waals surface area (Å²) in [4.78, 5) is 10.9. The number of rotatable bonds is 4. The minimum atomic E-state index is -1.24. The van der Waals surface area contributed by atoms with E-state index in [9.17, 15) is 4.79 Å². The first kappa shape index (κ1) is 12.3. The van der Waals surface area contributed by atoms with Crippen LogP contribution in [0.15, 0.2) is 24.3 Å². The second-order valence-corrected chi connectivity index (χ2v) is 4.20. The molecule has 1 aromatic rings. The van der Waals surface area contributed by atoms with Crippen molar-refractivity contribution in [3.8, 4) is 5.75 Å². The fourth-order valence-electron chi connectivity index (χ4n) is 1.16. The highest BCUT2D eigenvalue weighted by atomic mass is 127. The van der Waals surface area contributed by atoms with Crippen LogP contribution in [0, 0.1) is 0 Å². The van der Waals surface area contributed by atoms with Crippen LogP contribution in [0.3, 0.4) is 0 Å². The molecule has 0 aliphatic rings. The molecule has 4 N–H and O–H groups in total. The molecule has 0 spiro atoms. The van der Waals surface area contributed by atoms with Crippen molar-refractivity contribution in [2.75, 3.05) is 4.43 Å². The van der Waals surface area contributed by atoms with Gasteiger partial charge in [-0.15, -0.1) is 0 Å². The van der Waals surface area contributed by atoms with Gasteiger partial charge < -0.3 is 15.9 Å². The van der Waals surface area contributed by atoms with E-state index in [1.165, 1.54) is 12.1 Å². The van der Waals surface area contributed by atoms with Crippen molar-refractivity contribution in [3.05, 3.63) is 29.8 Å². The van der Waals surface area contributed by atoms with Crippen LogP contribution >= 0.6 is 22.6 Å². The molecule has 0 radical (unpaired) electrons. The fraction of sp³-hybridized carbons (Fsp3) is 0.300. The van der Waals surface area contributed by atoms with Crippen molar-refractivity contribution in [3.63, 3.8) is 0 Å². The normalized spacial score (nSPS) is 14.5. The topological polar surface area (TPSA) is 83.5 Å². The molecule has 0 heterocycles. The summed E-state index contributed by atoms with van der Waals surface area (Å²) in [5.41, 5.74) is 5.30.